The van der Waals surface area contributed by atoms with E-state index in [4.69, 9.17) is 9.72 Å². The van der Waals surface area contributed by atoms with Gasteiger partial charge in [0.1, 0.15) is 10.8 Å². The van der Waals surface area contributed by atoms with Crippen molar-refractivity contribution in [2.75, 3.05) is 20.7 Å². The molecule has 5 nitrogen and oxygen atoms in total. The van der Waals surface area contributed by atoms with Crippen molar-refractivity contribution in [3.8, 4) is 17.0 Å². The topological polar surface area (TPSA) is 58.5 Å². The fourth-order valence-corrected chi connectivity index (χ4v) is 3.60. The average molecular weight is 522 g/mol. The molecular weight excluding hydrogens is 495 g/mol. The molecule has 154 valence electrons. The molecule has 0 amide bonds. The standard InChI is InChI=1S/C22H26N4OS.HI/c1-16-9-10-17(13-20(16)27-3)11-12-24-22(23-2)25-14-21-26-19(15-28-21)18-7-5-4-6-8-18;/h4-10,13,15H,11-12,14H2,1-3H3,(H2,23,24,25);1H. The molecule has 0 aliphatic rings. The molecule has 2 aromatic carbocycles. The summed E-state index contributed by atoms with van der Waals surface area (Å²) in [7, 11) is 3.49. The van der Waals surface area contributed by atoms with E-state index in [0.29, 0.717) is 6.54 Å². The normalized spacial score (nSPS) is 10.9. The van der Waals surface area contributed by atoms with E-state index in [1.165, 1.54) is 5.56 Å². The number of halogens is 1. The number of thiazole rings is 1. The highest BCUT2D eigenvalue weighted by atomic mass is 127. The van der Waals surface area contributed by atoms with Gasteiger partial charge in [0.2, 0.25) is 0 Å². The van der Waals surface area contributed by atoms with Gasteiger partial charge in [-0.3, -0.25) is 4.99 Å². The van der Waals surface area contributed by atoms with Crippen LogP contribution in [0.15, 0.2) is 58.9 Å². The summed E-state index contributed by atoms with van der Waals surface area (Å²) in [5.74, 6) is 1.70. The number of aliphatic imine (C=N–C) groups is 1. The van der Waals surface area contributed by atoms with Crippen molar-refractivity contribution in [2.45, 2.75) is 19.9 Å². The summed E-state index contributed by atoms with van der Waals surface area (Å²) in [6.07, 6.45) is 0.896. The number of methoxy groups -OCH3 is 1. The molecule has 0 radical (unpaired) electrons. The van der Waals surface area contributed by atoms with Crippen molar-refractivity contribution in [3.63, 3.8) is 0 Å². The van der Waals surface area contributed by atoms with Crippen LogP contribution < -0.4 is 15.4 Å². The Morgan fingerprint density at radius 2 is 1.93 bits per heavy atom. The predicted octanol–water partition coefficient (Wildman–Crippen LogP) is 4.65. The van der Waals surface area contributed by atoms with Gasteiger partial charge in [0.15, 0.2) is 5.96 Å². The van der Waals surface area contributed by atoms with E-state index >= 15 is 0 Å². The minimum absolute atomic E-state index is 0. The van der Waals surface area contributed by atoms with Crippen LogP contribution in [0.2, 0.25) is 0 Å². The smallest absolute Gasteiger partial charge is 0.191 e. The molecule has 1 aromatic heterocycles. The molecule has 0 saturated carbocycles. The van der Waals surface area contributed by atoms with Gasteiger partial charge in [-0.25, -0.2) is 4.98 Å². The van der Waals surface area contributed by atoms with Crippen LogP contribution in [0.4, 0.5) is 0 Å². The lowest BCUT2D eigenvalue weighted by Crippen LogP contribution is -2.37. The highest BCUT2D eigenvalue weighted by Gasteiger charge is 2.06. The van der Waals surface area contributed by atoms with Crippen LogP contribution in [0.1, 0.15) is 16.1 Å². The van der Waals surface area contributed by atoms with Crippen LogP contribution in [0, 0.1) is 6.92 Å². The summed E-state index contributed by atoms with van der Waals surface area (Å²) in [4.78, 5) is 8.99. The molecule has 3 aromatic rings. The van der Waals surface area contributed by atoms with Gasteiger partial charge in [0.05, 0.1) is 19.3 Å². The summed E-state index contributed by atoms with van der Waals surface area (Å²) in [5, 5.41) is 9.81. The van der Waals surface area contributed by atoms with E-state index in [0.717, 1.165) is 46.5 Å². The number of rotatable bonds is 7. The number of aromatic nitrogens is 1. The first kappa shape index (κ1) is 23.2. The lowest BCUT2D eigenvalue weighted by molar-refractivity contribution is 0.411. The molecule has 0 fully saturated rings. The number of nitrogens with zero attached hydrogens (tertiary/aromatic N) is 2. The Bertz CT molecular complexity index is 928. The second-order valence-corrected chi connectivity index (χ2v) is 7.34. The van der Waals surface area contributed by atoms with Crippen LogP contribution in [0.25, 0.3) is 11.3 Å². The van der Waals surface area contributed by atoms with Gasteiger partial charge < -0.3 is 15.4 Å². The zero-order valence-electron chi connectivity index (χ0n) is 16.9. The van der Waals surface area contributed by atoms with Crippen LogP contribution in [0.5, 0.6) is 5.75 Å². The fourth-order valence-electron chi connectivity index (χ4n) is 2.86. The van der Waals surface area contributed by atoms with Crippen LogP contribution in [0.3, 0.4) is 0 Å². The number of aryl methyl sites for hydroxylation is 1. The Morgan fingerprint density at radius 3 is 2.66 bits per heavy atom. The maximum atomic E-state index is 5.39. The predicted molar refractivity (Wildman–Crippen MR) is 133 cm³/mol. The molecule has 1 heterocycles. The molecule has 0 spiro atoms. The lowest BCUT2D eigenvalue weighted by Gasteiger charge is -2.12. The number of hydrogen-bond donors (Lipinski definition) is 2. The minimum Gasteiger partial charge on any atom is -0.496 e. The third-order valence-electron chi connectivity index (χ3n) is 4.43. The Kier molecular flexibility index (Phi) is 9.40. The van der Waals surface area contributed by atoms with Crippen molar-refractivity contribution in [2.24, 2.45) is 4.99 Å². The van der Waals surface area contributed by atoms with Crippen LogP contribution >= 0.6 is 35.3 Å². The van der Waals surface area contributed by atoms with E-state index in [9.17, 15) is 0 Å². The summed E-state index contributed by atoms with van der Waals surface area (Å²) in [5.41, 5.74) is 4.53. The van der Waals surface area contributed by atoms with Crippen molar-refractivity contribution < 1.29 is 4.74 Å². The summed E-state index contributed by atoms with van der Waals surface area (Å²) < 4.78 is 5.39. The van der Waals surface area contributed by atoms with Crippen molar-refractivity contribution in [3.05, 3.63) is 70.0 Å². The largest absolute Gasteiger partial charge is 0.496 e. The Hall–Kier alpha value is -2.13. The quantitative estimate of drug-likeness (QED) is 0.270. The first-order valence-corrected chi connectivity index (χ1v) is 10.2. The van der Waals surface area contributed by atoms with E-state index in [2.05, 4.69) is 58.3 Å². The maximum absolute atomic E-state index is 5.39. The zero-order chi connectivity index (χ0) is 19.8. The number of guanidine groups is 1. The van der Waals surface area contributed by atoms with Gasteiger partial charge in [-0.1, -0.05) is 42.5 Å². The van der Waals surface area contributed by atoms with Crippen molar-refractivity contribution in [1.29, 1.82) is 0 Å². The molecule has 0 atom stereocenters. The van der Waals surface area contributed by atoms with Gasteiger partial charge in [0, 0.05) is 24.5 Å². The SMILES string of the molecule is CN=C(NCCc1ccc(C)c(OC)c1)NCc1nc(-c2ccccc2)cs1.I. The van der Waals surface area contributed by atoms with Gasteiger partial charge in [-0.15, -0.1) is 35.3 Å². The lowest BCUT2D eigenvalue weighted by atomic mass is 10.1. The zero-order valence-corrected chi connectivity index (χ0v) is 20.1. The highest BCUT2D eigenvalue weighted by Crippen LogP contribution is 2.21. The third-order valence-corrected chi connectivity index (χ3v) is 5.28. The van der Waals surface area contributed by atoms with Crippen LogP contribution in [-0.4, -0.2) is 31.6 Å². The third kappa shape index (κ3) is 6.71. The van der Waals surface area contributed by atoms with Crippen LogP contribution in [-0.2, 0) is 13.0 Å². The van der Waals surface area contributed by atoms with Crippen molar-refractivity contribution >= 4 is 41.3 Å². The van der Waals surface area contributed by atoms with Gasteiger partial charge in [-0.05, 0) is 30.5 Å². The molecule has 3 rings (SSSR count). The van der Waals surface area contributed by atoms with Crippen molar-refractivity contribution in [1.82, 2.24) is 15.6 Å². The molecule has 0 saturated heterocycles. The first-order chi connectivity index (χ1) is 13.7. The number of ether oxygens (including phenoxy) is 1. The molecule has 0 aliphatic heterocycles. The van der Waals surface area contributed by atoms with Gasteiger partial charge in [-0.2, -0.15) is 0 Å². The van der Waals surface area contributed by atoms with E-state index < -0.39 is 0 Å². The van der Waals surface area contributed by atoms with E-state index in [1.807, 2.05) is 18.2 Å². The summed E-state index contributed by atoms with van der Waals surface area (Å²) >= 11 is 1.65. The van der Waals surface area contributed by atoms with E-state index in [1.54, 1.807) is 25.5 Å². The monoisotopic (exact) mass is 522 g/mol. The second kappa shape index (κ2) is 11.8. The summed E-state index contributed by atoms with van der Waals surface area (Å²) in [6.45, 7) is 3.49. The molecule has 0 aliphatic carbocycles. The Labute approximate surface area is 193 Å². The molecular formula is C22H27IN4OS. The summed E-state index contributed by atoms with van der Waals surface area (Å²) in [6, 6.07) is 16.5. The molecule has 7 heteroatoms. The Morgan fingerprint density at radius 1 is 1.14 bits per heavy atom. The van der Waals surface area contributed by atoms with Gasteiger partial charge >= 0.3 is 0 Å². The van der Waals surface area contributed by atoms with E-state index in [-0.39, 0.29) is 24.0 Å². The highest BCUT2D eigenvalue weighted by molar-refractivity contribution is 14.0. The fraction of sp³-hybridized carbons (Fsp3) is 0.273. The first-order valence-electron chi connectivity index (χ1n) is 9.27. The molecule has 29 heavy (non-hydrogen) atoms. The number of hydrogen-bond acceptors (Lipinski definition) is 4. The molecule has 0 bridgehead atoms. The molecule has 2 N–H and O–H groups in total. The second-order valence-electron chi connectivity index (χ2n) is 6.40. The Balaban J connectivity index is 0.00000300. The minimum atomic E-state index is 0. The number of nitrogens with one attached hydrogen (secondary N) is 2. The number of benzene rings is 2. The average Bonchev–Trinajstić information content (AvgIpc) is 3.21. The maximum Gasteiger partial charge on any atom is 0.191 e. The van der Waals surface area contributed by atoms with Gasteiger partial charge in [0.25, 0.3) is 0 Å². The molecule has 0 unspecified atom stereocenters.